The van der Waals surface area contributed by atoms with E-state index < -0.39 is 0 Å². The molecule has 0 saturated heterocycles. The zero-order valence-corrected chi connectivity index (χ0v) is 27.9. The number of fused-ring (bicyclic) bond motifs is 7. The van der Waals surface area contributed by atoms with Gasteiger partial charge >= 0.3 is 0 Å². The summed E-state index contributed by atoms with van der Waals surface area (Å²) in [6.45, 7) is 0. The largest absolute Gasteiger partial charge is 0.192 e. The second-order valence-corrected chi connectivity index (χ2v) is 13.8. The van der Waals surface area contributed by atoms with Gasteiger partial charge in [-0.25, -0.2) is 0 Å². The van der Waals surface area contributed by atoms with Gasteiger partial charge in [-0.1, -0.05) is 127 Å². The van der Waals surface area contributed by atoms with Crippen LogP contribution in [-0.2, 0) is 0 Å². The van der Waals surface area contributed by atoms with Gasteiger partial charge in [-0.05, 0) is 141 Å². The first kappa shape index (κ1) is 28.6. The first-order valence-electron chi connectivity index (χ1n) is 17.5. The summed E-state index contributed by atoms with van der Waals surface area (Å²) >= 11 is 0. The molecule has 11 rings (SSSR count). The molecule has 0 saturated carbocycles. The fraction of sp³-hybridized carbons (Fsp3) is 0. The summed E-state index contributed by atoms with van der Waals surface area (Å²) < 4.78 is 0. The maximum Gasteiger partial charge on any atom is 0.0991 e. The average molecular weight is 655 g/mol. The summed E-state index contributed by atoms with van der Waals surface area (Å²) in [4.78, 5) is 0. The number of nitriles is 2. The van der Waals surface area contributed by atoms with E-state index in [1.165, 1.54) is 88.3 Å². The molecule has 236 valence electrons. The summed E-state index contributed by atoms with van der Waals surface area (Å²) in [5, 5.41) is 26.7. The molecule has 9 aromatic rings. The summed E-state index contributed by atoms with van der Waals surface area (Å²) in [7, 11) is 0. The van der Waals surface area contributed by atoms with Gasteiger partial charge < -0.3 is 0 Å². The zero-order valence-electron chi connectivity index (χ0n) is 27.9. The van der Waals surface area contributed by atoms with Crippen LogP contribution in [-0.4, -0.2) is 0 Å². The Morgan fingerprint density at radius 2 is 0.788 bits per heavy atom. The molecule has 0 amide bonds. The Balaban J connectivity index is 1.21. The van der Waals surface area contributed by atoms with Crippen LogP contribution in [0.3, 0.4) is 0 Å². The van der Waals surface area contributed by atoms with Crippen LogP contribution in [0.4, 0.5) is 0 Å². The van der Waals surface area contributed by atoms with Gasteiger partial charge in [0.05, 0.1) is 23.3 Å². The van der Waals surface area contributed by atoms with E-state index in [9.17, 15) is 10.5 Å². The van der Waals surface area contributed by atoms with Crippen LogP contribution >= 0.6 is 0 Å². The Morgan fingerprint density at radius 1 is 0.308 bits per heavy atom. The molecule has 0 aliphatic heterocycles. The predicted molar refractivity (Wildman–Crippen MR) is 214 cm³/mol. The molecule has 0 atom stereocenters. The summed E-state index contributed by atoms with van der Waals surface area (Å²) in [6, 6.07) is 60.8. The van der Waals surface area contributed by atoms with Crippen LogP contribution in [0.25, 0.3) is 110 Å². The molecule has 0 radical (unpaired) electrons. The van der Waals surface area contributed by atoms with E-state index in [1.807, 2.05) is 24.3 Å². The lowest BCUT2D eigenvalue weighted by Gasteiger charge is -2.20. The lowest BCUT2D eigenvalue weighted by Crippen LogP contribution is -1.94. The molecular weight excluding hydrogens is 629 g/mol. The normalized spacial score (nSPS) is 11.8. The minimum absolute atomic E-state index is 0.641. The van der Waals surface area contributed by atoms with Gasteiger partial charge in [0.25, 0.3) is 0 Å². The zero-order chi connectivity index (χ0) is 34.5. The number of benzene rings is 9. The molecule has 0 fully saturated rings. The Bertz CT molecular complexity index is 3000. The maximum absolute atomic E-state index is 9.63. The lowest BCUT2D eigenvalue weighted by atomic mass is 9.82. The van der Waals surface area contributed by atoms with Crippen molar-refractivity contribution in [3.63, 3.8) is 0 Å². The number of rotatable bonds is 3. The van der Waals surface area contributed by atoms with Crippen molar-refractivity contribution in [3.8, 4) is 90.0 Å². The topological polar surface area (TPSA) is 47.6 Å². The smallest absolute Gasteiger partial charge is 0.0991 e. The SMILES string of the molecule is N#Cc1ccc(-c2c3c(c(-c4ccc(C#N)cc4)c4ccccc24)-c2ccc(-c4ccc5c(c4)-c4cccc6cccc-5c46)c4cccc-3c24)cc1. The molecule has 2 heteroatoms. The van der Waals surface area contributed by atoms with Crippen LogP contribution in [0.15, 0.2) is 158 Å². The fourth-order valence-corrected chi connectivity index (χ4v) is 9.03. The molecular formula is C50H26N2. The number of hydrogen-bond donors (Lipinski definition) is 0. The molecule has 9 aromatic carbocycles. The highest BCUT2D eigenvalue weighted by atomic mass is 14.3. The summed E-state index contributed by atoms with van der Waals surface area (Å²) in [5.74, 6) is 0. The fourth-order valence-electron chi connectivity index (χ4n) is 9.03. The van der Waals surface area contributed by atoms with Crippen molar-refractivity contribution in [2.75, 3.05) is 0 Å². The monoisotopic (exact) mass is 654 g/mol. The van der Waals surface area contributed by atoms with E-state index in [-0.39, 0.29) is 0 Å². The molecule has 2 nitrogen and oxygen atoms in total. The van der Waals surface area contributed by atoms with Crippen LogP contribution < -0.4 is 0 Å². The van der Waals surface area contributed by atoms with E-state index in [2.05, 4.69) is 146 Å². The summed E-state index contributed by atoms with van der Waals surface area (Å²) in [5.41, 5.74) is 18.2. The highest BCUT2D eigenvalue weighted by Crippen LogP contribution is 2.59. The quantitative estimate of drug-likeness (QED) is 0.190. The third kappa shape index (κ3) is 3.81. The molecule has 0 bridgehead atoms. The third-order valence-corrected chi connectivity index (χ3v) is 11.2. The molecule has 0 spiro atoms. The predicted octanol–water partition coefficient (Wildman–Crippen LogP) is 13.2. The molecule has 0 unspecified atom stereocenters. The van der Waals surface area contributed by atoms with E-state index in [4.69, 9.17) is 0 Å². The Labute approximate surface area is 300 Å². The van der Waals surface area contributed by atoms with Crippen LogP contribution in [0, 0.1) is 22.7 Å². The highest BCUT2D eigenvalue weighted by Gasteiger charge is 2.31. The molecule has 2 aliphatic carbocycles. The second kappa shape index (κ2) is 10.6. The van der Waals surface area contributed by atoms with Crippen molar-refractivity contribution in [3.05, 3.63) is 169 Å². The second-order valence-electron chi connectivity index (χ2n) is 13.8. The van der Waals surface area contributed by atoms with Crippen molar-refractivity contribution in [2.45, 2.75) is 0 Å². The van der Waals surface area contributed by atoms with Gasteiger partial charge in [0, 0.05) is 0 Å². The number of hydrogen-bond acceptors (Lipinski definition) is 2. The molecule has 0 N–H and O–H groups in total. The van der Waals surface area contributed by atoms with Crippen LogP contribution in [0.5, 0.6) is 0 Å². The Morgan fingerprint density at radius 3 is 1.40 bits per heavy atom. The lowest BCUT2D eigenvalue weighted by molar-refractivity contribution is 1.48. The van der Waals surface area contributed by atoms with Gasteiger partial charge in [-0.15, -0.1) is 0 Å². The maximum atomic E-state index is 9.63. The van der Waals surface area contributed by atoms with E-state index in [1.54, 1.807) is 0 Å². The highest BCUT2D eigenvalue weighted by molar-refractivity contribution is 6.29. The standard InChI is InChI=1S/C50H26N2/c51-27-29-14-18-32(19-15-29)46-39-8-1-2-9-40(39)47(33-20-16-30(28-52)17-21-33)50-43-25-24-35(37-12-5-13-42(48(37)43)49(46)50)34-22-23-36-38-10-3-6-31-7-4-11-41(45(31)38)44(36)26-34/h1-26H. The van der Waals surface area contributed by atoms with Crippen molar-refractivity contribution < 1.29 is 0 Å². The van der Waals surface area contributed by atoms with E-state index >= 15 is 0 Å². The molecule has 52 heavy (non-hydrogen) atoms. The average Bonchev–Trinajstić information content (AvgIpc) is 3.71. The minimum Gasteiger partial charge on any atom is -0.192 e. The van der Waals surface area contributed by atoms with Gasteiger partial charge in [0.2, 0.25) is 0 Å². The van der Waals surface area contributed by atoms with Gasteiger partial charge in [-0.2, -0.15) is 10.5 Å². The minimum atomic E-state index is 0.641. The van der Waals surface area contributed by atoms with Gasteiger partial charge in [0.1, 0.15) is 0 Å². The van der Waals surface area contributed by atoms with Crippen molar-refractivity contribution in [1.82, 2.24) is 0 Å². The van der Waals surface area contributed by atoms with Crippen LogP contribution in [0.1, 0.15) is 11.1 Å². The Hall–Kier alpha value is -7.26. The molecule has 2 aliphatic rings. The summed E-state index contributed by atoms with van der Waals surface area (Å²) in [6.07, 6.45) is 0. The van der Waals surface area contributed by atoms with Crippen molar-refractivity contribution in [2.24, 2.45) is 0 Å². The van der Waals surface area contributed by atoms with Crippen LogP contribution in [0.2, 0.25) is 0 Å². The molecule has 0 aromatic heterocycles. The Kier molecular flexibility index (Phi) is 5.83. The number of nitrogens with zero attached hydrogens (tertiary/aromatic N) is 2. The van der Waals surface area contributed by atoms with Crippen molar-refractivity contribution in [1.29, 1.82) is 10.5 Å². The third-order valence-electron chi connectivity index (χ3n) is 11.2. The molecule has 0 heterocycles. The van der Waals surface area contributed by atoms with Gasteiger partial charge in [0.15, 0.2) is 0 Å². The first-order valence-corrected chi connectivity index (χ1v) is 17.5. The van der Waals surface area contributed by atoms with Gasteiger partial charge in [-0.3, -0.25) is 0 Å². The van der Waals surface area contributed by atoms with E-state index in [0.717, 1.165) is 21.9 Å². The van der Waals surface area contributed by atoms with E-state index in [0.29, 0.717) is 11.1 Å². The van der Waals surface area contributed by atoms with Crippen molar-refractivity contribution >= 4 is 32.3 Å². The first-order chi connectivity index (χ1) is 25.7.